The third kappa shape index (κ3) is 5.81. The highest BCUT2D eigenvalue weighted by Gasteiger charge is 2.42. The molecule has 1 unspecified atom stereocenters. The monoisotopic (exact) mass is 531 g/mol. The molecule has 38 heavy (non-hydrogen) atoms. The van der Waals surface area contributed by atoms with Gasteiger partial charge in [-0.25, -0.2) is 0 Å². The van der Waals surface area contributed by atoms with Gasteiger partial charge in [0.1, 0.15) is 6.04 Å². The summed E-state index contributed by atoms with van der Waals surface area (Å²) in [7, 11) is 0. The van der Waals surface area contributed by atoms with Gasteiger partial charge in [-0.1, -0.05) is 81.0 Å². The zero-order valence-corrected chi connectivity index (χ0v) is 23.9. The van der Waals surface area contributed by atoms with Crippen molar-refractivity contribution >= 4 is 35.3 Å². The molecule has 1 aromatic heterocycles. The summed E-state index contributed by atoms with van der Waals surface area (Å²) in [5.74, 6) is 0.792. The van der Waals surface area contributed by atoms with Gasteiger partial charge in [0.05, 0.1) is 6.54 Å². The molecule has 0 saturated carbocycles. The average molecular weight is 532 g/mol. The fraction of sp³-hybridized carbons (Fsp3) is 0.500. The second-order valence-electron chi connectivity index (χ2n) is 11.1. The predicted molar refractivity (Wildman–Crippen MR) is 157 cm³/mol. The molecule has 0 spiro atoms. The van der Waals surface area contributed by atoms with Crippen LogP contribution in [0.3, 0.4) is 0 Å². The number of carbonyl (C=O) groups is 2. The molecule has 1 aromatic rings. The van der Waals surface area contributed by atoms with Crippen LogP contribution in [0.4, 0.5) is 0 Å². The van der Waals surface area contributed by atoms with Crippen molar-refractivity contribution in [2.75, 3.05) is 32.7 Å². The first kappa shape index (κ1) is 26.9. The largest absolute Gasteiger partial charge is 0.331 e. The first-order valence-corrected chi connectivity index (χ1v) is 15.1. The molecule has 5 rings (SSSR count). The smallest absolute Gasteiger partial charge is 0.247 e. The fourth-order valence-electron chi connectivity index (χ4n) is 6.06. The molecule has 2 aliphatic heterocycles. The van der Waals surface area contributed by atoms with E-state index in [1.807, 2.05) is 16.2 Å². The molecule has 2 amide bonds. The lowest BCUT2D eigenvalue weighted by Crippen LogP contribution is -2.67. The summed E-state index contributed by atoms with van der Waals surface area (Å²) in [6.45, 7) is 10.3. The number of carbonyl (C=O) groups excluding carboxylic acids is 2. The van der Waals surface area contributed by atoms with Gasteiger partial charge in [0.2, 0.25) is 11.8 Å². The molecule has 2 fully saturated rings. The second kappa shape index (κ2) is 12.0. The maximum atomic E-state index is 13.6. The van der Waals surface area contributed by atoms with E-state index in [1.165, 1.54) is 25.8 Å². The fourth-order valence-corrected chi connectivity index (χ4v) is 7.28. The molecular formula is C32H41N3O2S. The van der Waals surface area contributed by atoms with E-state index in [-0.39, 0.29) is 30.3 Å². The molecule has 2 aliphatic carbocycles. The highest BCUT2D eigenvalue weighted by atomic mass is 32.1. The van der Waals surface area contributed by atoms with E-state index in [0.717, 1.165) is 38.8 Å². The predicted octanol–water partition coefficient (Wildman–Crippen LogP) is 3.79. The maximum Gasteiger partial charge on any atom is 0.247 e. The van der Waals surface area contributed by atoms with Gasteiger partial charge in [-0.2, -0.15) is 0 Å². The molecule has 2 saturated heterocycles. The summed E-state index contributed by atoms with van der Waals surface area (Å²) >= 11 is 1.93. The Morgan fingerprint density at radius 3 is 2.84 bits per heavy atom. The van der Waals surface area contributed by atoms with Crippen molar-refractivity contribution in [1.29, 1.82) is 0 Å². The topological polar surface area (TPSA) is 43.9 Å². The molecule has 6 heteroatoms. The van der Waals surface area contributed by atoms with Gasteiger partial charge in [0, 0.05) is 42.1 Å². The van der Waals surface area contributed by atoms with Crippen LogP contribution >= 0.6 is 11.3 Å². The molecule has 5 nitrogen and oxygen atoms in total. The van der Waals surface area contributed by atoms with E-state index >= 15 is 0 Å². The molecule has 3 atom stereocenters. The highest BCUT2D eigenvalue weighted by Crippen LogP contribution is 2.23. The number of allylic oxidation sites excluding steroid dienone is 7. The zero-order valence-electron chi connectivity index (χ0n) is 23.1. The van der Waals surface area contributed by atoms with E-state index in [9.17, 15) is 9.59 Å². The molecule has 0 bridgehead atoms. The zero-order chi connectivity index (χ0) is 26.6. The lowest BCUT2D eigenvalue weighted by Gasteiger charge is -2.46. The Kier molecular flexibility index (Phi) is 8.49. The quantitative estimate of drug-likeness (QED) is 0.538. The molecule has 4 aliphatic rings. The van der Waals surface area contributed by atoms with Gasteiger partial charge in [-0.05, 0) is 48.3 Å². The van der Waals surface area contributed by atoms with Crippen molar-refractivity contribution in [3.05, 3.63) is 68.3 Å². The first-order valence-electron chi connectivity index (χ1n) is 14.3. The Hall–Kier alpha value is -2.70. The van der Waals surface area contributed by atoms with Crippen LogP contribution in [-0.4, -0.2) is 65.3 Å². The first-order chi connectivity index (χ1) is 18.4. The van der Waals surface area contributed by atoms with Crippen LogP contribution in [-0.2, 0) is 22.6 Å². The molecule has 0 N–H and O–H groups in total. The number of aryl methyl sites for hydroxylation is 1. The lowest BCUT2D eigenvalue weighted by molar-refractivity contribution is -0.160. The second-order valence-corrected chi connectivity index (χ2v) is 12.2. The van der Waals surface area contributed by atoms with Crippen molar-refractivity contribution < 1.29 is 9.59 Å². The number of nitrogens with zero attached hydrogens (tertiary/aromatic N) is 3. The normalized spacial score (nSPS) is 25.8. The highest BCUT2D eigenvalue weighted by molar-refractivity contribution is 7.10. The van der Waals surface area contributed by atoms with Crippen LogP contribution in [0, 0.1) is 11.8 Å². The minimum absolute atomic E-state index is 0.0866. The number of rotatable bonds is 7. The van der Waals surface area contributed by atoms with Crippen LogP contribution in [0.25, 0.3) is 12.2 Å². The number of piperazine rings is 2. The standard InChI is InChI=1S/C32H41N3O2S/c1-4-29-27(26-15-8-9-16-30(26)38-29)20-33-17-18-35-28(21-33)32(37)34(22-31(35)36)19-23(2)11-10-14-25-13-7-5-6-12-24(25)3/h5-7,10-12,14-16,23-24,28H,4,8-9,13,17-22H2,1-3H3/b11-10-,25-14-/t23-,24-,28?/m1/s1. The number of thiophene rings is 1. The average Bonchev–Trinajstić information content (AvgIpc) is 3.14. The number of hydrogen-bond acceptors (Lipinski definition) is 4. The van der Waals surface area contributed by atoms with Crippen LogP contribution in [0.1, 0.15) is 50.5 Å². The molecule has 0 aromatic carbocycles. The number of amides is 2. The van der Waals surface area contributed by atoms with Crippen molar-refractivity contribution in [2.24, 2.45) is 11.8 Å². The van der Waals surface area contributed by atoms with Gasteiger partial charge in [-0.15, -0.1) is 11.3 Å². The van der Waals surface area contributed by atoms with Crippen LogP contribution < -0.4 is 9.75 Å². The van der Waals surface area contributed by atoms with Crippen LogP contribution in [0.5, 0.6) is 0 Å². The van der Waals surface area contributed by atoms with Gasteiger partial charge in [0.15, 0.2) is 0 Å². The molecule has 0 radical (unpaired) electrons. The van der Waals surface area contributed by atoms with Crippen molar-refractivity contribution in [3.8, 4) is 0 Å². The Balaban J connectivity index is 1.24. The van der Waals surface area contributed by atoms with Gasteiger partial charge in [0.25, 0.3) is 0 Å². The van der Waals surface area contributed by atoms with E-state index in [0.29, 0.717) is 25.6 Å². The minimum atomic E-state index is -0.371. The van der Waals surface area contributed by atoms with Crippen molar-refractivity contribution in [3.63, 3.8) is 0 Å². The number of hydrogen-bond donors (Lipinski definition) is 0. The Labute approximate surface area is 231 Å². The van der Waals surface area contributed by atoms with E-state index in [4.69, 9.17) is 0 Å². The molecule has 202 valence electrons. The molecule has 3 heterocycles. The van der Waals surface area contributed by atoms with Gasteiger partial charge in [-0.3, -0.25) is 14.5 Å². The van der Waals surface area contributed by atoms with Crippen LogP contribution in [0.2, 0.25) is 0 Å². The Morgan fingerprint density at radius 1 is 1.16 bits per heavy atom. The molecular weight excluding hydrogens is 490 g/mol. The van der Waals surface area contributed by atoms with Gasteiger partial charge < -0.3 is 9.80 Å². The van der Waals surface area contributed by atoms with E-state index < -0.39 is 0 Å². The van der Waals surface area contributed by atoms with E-state index in [1.54, 1.807) is 4.90 Å². The third-order valence-electron chi connectivity index (χ3n) is 8.26. The summed E-state index contributed by atoms with van der Waals surface area (Å²) in [6, 6.07) is -0.371. The summed E-state index contributed by atoms with van der Waals surface area (Å²) < 4.78 is 1.41. The SMILES string of the molecule is CCc1sc2c(c1CN1CCN3C(=O)CN(C[C@H](C)/C=C\C=C4\CC=CC=C[C@H]4C)C(=O)C3C1)=CCCC=2. The number of fused-ring (bicyclic) bond motifs is 2. The van der Waals surface area contributed by atoms with Crippen molar-refractivity contribution in [1.82, 2.24) is 14.7 Å². The van der Waals surface area contributed by atoms with Gasteiger partial charge >= 0.3 is 0 Å². The summed E-state index contributed by atoms with van der Waals surface area (Å²) in [6.07, 6.45) is 24.1. The summed E-state index contributed by atoms with van der Waals surface area (Å²) in [4.78, 5) is 34.1. The van der Waals surface area contributed by atoms with E-state index in [2.05, 4.69) is 80.4 Å². The lowest BCUT2D eigenvalue weighted by atomic mass is 9.98. The Morgan fingerprint density at radius 2 is 2.00 bits per heavy atom. The third-order valence-corrected chi connectivity index (χ3v) is 9.65. The van der Waals surface area contributed by atoms with Crippen LogP contribution in [0.15, 0.2) is 48.1 Å². The Bertz CT molecular complexity index is 1300. The minimum Gasteiger partial charge on any atom is -0.331 e. The maximum absolute atomic E-state index is 13.6. The van der Waals surface area contributed by atoms with Crippen molar-refractivity contribution in [2.45, 2.75) is 59.0 Å². The summed E-state index contributed by atoms with van der Waals surface area (Å²) in [5.41, 5.74) is 2.82. The summed E-state index contributed by atoms with van der Waals surface area (Å²) in [5, 5.41) is 1.41.